The molecule has 1 amide bonds. The first-order valence-electron chi connectivity index (χ1n) is 10.9. The summed E-state index contributed by atoms with van der Waals surface area (Å²) >= 11 is 0. The smallest absolute Gasteiger partial charge is 0.256 e. The quantitative estimate of drug-likeness (QED) is 0.471. The monoisotopic (exact) mass is 443 g/mol. The Balaban J connectivity index is 1.44. The maximum absolute atomic E-state index is 13.8. The van der Waals surface area contributed by atoms with Crippen LogP contribution in [-0.4, -0.2) is 66.1 Å². The molecule has 3 heterocycles. The Morgan fingerprint density at radius 2 is 1.73 bits per heavy atom. The third-order valence-corrected chi connectivity index (χ3v) is 5.78. The minimum atomic E-state index is -0.103. The Morgan fingerprint density at radius 1 is 1.00 bits per heavy atom. The van der Waals surface area contributed by atoms with Crippen molar-refractivity contribution in [3.05, 3.63) is 83.9 Å². The third-order valence-electron chi connectivity index (χ3n) is 5.78. The Kier molecular flexibility index (Phi) is 5.70. The maximum atomic E-state index is 13.8. The van der Waals surface area contributed by atoms with Crippen molar-refractivity contribution in [2.24, 2.45) is 0 Å². The highest BCUT2D eigenvalue weighted by molar-refractivity contribution is 5.98. The molecule has 2 aromatic carbocycles. The van der Waals surface area contributed by atoms with Crippen LogP contribution in [0.15, 0.2) is 67.3 Å². The molecule has 0 saturated carbocycles. The number of hydrogen-bond donors (Lipinski definition) is 0. The van der Waals surface area contributed by atoms with E-state index in [0.717, 1.165) is 16.8 Å². The van der Waals surface area contributed by atoms with Gasteiger partial charge in [-0.15, -0.1) is 0 Å². The molecule has 0 spiro atoms. The molecule has 1 saturated heterocycles. The van der Waals surface area contributed by atoms with Gasteiger partial charge in [-0.1, -0.05) is 18.2 Å². The lowest BCUT2D eigenvalue weighted by Crippen LogP contribution is -2.52. The molecule has 9 nitrogen and oxygen atoms in total. The lowest BCUT2D eigenvalue weighted by Gasteiger charge is -2.39. The van der Waals surface area contributed by atoms with Crippen molar-refractivity contribution in [3.8, 4) is 11.4 Å². The van der Waals surface area contributed by atoms with Crippen LogP contribution in [0.1, 0.15) is 28.4 Å². The zero-order valence-electron chi connectivity index (χ0n) is 18.6. The lowest BCUT2D eigenvalue weighted by molar-refractivity contribution is -0.0434. The molecule has 1 fully saturated rings. The third kappa shape index (κ3) is 4.40. The molecule has 0 unspecified atom stereocenters. The number of hydrogen-bond acceptors (Lipinski definition) is 6. The van der Waals surface area contributed by atoms with Gasteiger partial charge in [0, 0.05) is 6.54 Å². The first-order valence-corrected chi connectivity index (χ1v) is 10.9. The van der Waals surface area contributed by atoms with Crippen molar-refractivity contribution < 1.29 is 9.53 Å². The Labute approximate surface area is 191 Å². The second kappa shape index (κ2) is 8.95. The number of morpholine rings is 1. The Hall–Kier alpha value is -3.85. The minimum Gasteiger partial charge on any atom is -0.375 e. The van der Waals surface area contributed by atoms with E-state index in [2.05, 4.69) is 26.5 Å². The summed E-state index contributed by atoms with van der Waals surface area (Å²) in [6, 6.07) is 13.7. The van der Waals surface area contributed by atoms with E-state index >= 15 is 0 Å². The molecule has 0 radical (unpaired) electrons. The summed E-state index contributed by atoms with van der Waals surface area (Å²) < 4.78 is 5.95. The molecule has 0 N–H and O–H groups in total. The van der Waals surface area contributed by atoms with Crippen molar-refractivity contribution in [2.75, 3.05) is 13.2 Å². The van der Waals surface area contributed by atoms with E-state index in [-0.39, 0.29) is 18.1 Å². The minimum absolute atomic E-state index is 0.0402. The fraction of sp³-hybridized carbons (Fsp3) is 0.292. The predicted molar refractivity (Wildman–Crippen MR) is 121 cm³/mol. The van der Waals surface area contributed by atoms with Crippen LogP contribution in [0.4, 0.5) is 0 Å². The number of nitrogens with zero attached hydrogens (tertiary/aromatic N) is 7. The van der Waals surface area contributed by atoms with Gasteiger partial charge in [0.2, 0.25) is 0 Å². The number of rotatable bonds is 5. The van der Waals surface area contributed by atoms with E-state index in [1.807, 2.05) is 55.1 Å². The summed E-state index contributed by atoms with van der Waals surface area (Å²) in [4.78, 5) is 18.8. The molecule has 0 aliphatic carbocycles. The summed E-state index contributed by atoms with van der Waals surface area (Å²) in [6.45, 7) is 4.97. The van der Waals surface area contributed by atoms with Crippen molar-refractivity contribution in [1.29, 1.82) is 0 Å². The number of carbonyl (C=O) groups is 1. The summed E-state index contributed by atoms with van der Waals surface area (Å²) in [6.07, 6.45) is 7.14. The highest BCUT2D eigenvalue weighted by atomic mass is 16.5. The van der Waals surface area contributed by atoms with E-state index in [9.17, 15) is 4.79 Å². The van der Waals surface area contributed by atoms with Gasteiger partial charge in [0.1, 0.15) is 0 Å². The number of amides is 1. The molecule has 33 heavy (non-hydrogen) atoms. The van der Waals surface area contributed by atoms with Crippen LogP contribution in [-0.2, 0) is 11.2 Å². The number of ether oxygens (including phenoxy) is 1. The number of carbonyl (C=O) groups excluding carboxylic acids is 1. The largest absolute Gasteiger partial charge is 0.375 e. The van der Waals surface area contributed by atoms with E-state index in [0.29, 0.717) is 30.8 Å². The second-order valence-electron chi connectivity index (χ2n) is 8.29. The summed E-state index contributed by atoms with van der Waals surface area (Å²) in [5, 5.41) is 16.9. The molecule has 168 valence electrons. The topological polar surface area (TPSA) is 91.0 Å². The highest BCUT2D eigenvalue weighted by Crippen LogP contribution is 2.23. The molecule has 1 aliphatic rings. The maximum Gasteiger partial charge on any atom is 0.256 e. The molecule has 2 atom stereocenters. The number of aromatic nitrogens is 6. The molecule has 1 aliphatic heterocycles. The van der Waals surface area contributed by atoms with Gasteiger partial charge in [0.15, 0.2) is 0 Å². The van der Waals surface area contributed by atoms with Gasteiger partial charge >= 0.3 is 0 Å². The van der Waals surface area contributed by atoms with Crippen molar-refractivity contribution in [1.82, 2.24) is 34.9 Å². The summed E-state index contributed by atoms with van der Waals surface area (Å²) in [5.74, 6) is -0.0488. The number of benzene rings is 2. The fourth-order valence-corrected chi connectivity index (χ4v) is 4.17. The van der Waals surface area contributed by atoms with E-state index < -0.39 is 0 Å². The average molecular weight is 444 g/mol. The van der Waals surface area contributed by atoms with Crippen LogP contribution in [0.3, 0.4) is 0 Å². The van der Waals surface area contributed by atoms with Gasteiger partial charge in [-0.2, -0.15) is 30.0 Å². The van der Waals surface area contributed by atoms with Crippen molar-refractivity contribution >= 4 is 5.91 Å². The van der Waals surface area contributed by atoms with Gasteiger partial charge < -0.3 is 9.64 Å². The molecule has 2 aromatic heterocycles. The Bertz CT molecular complexity index is 1240. The second-order valence-corrected chi connectivity index (χ2v) is 8.29. The Morgan fingerprint density at radius 3 is 2.48 bits per heavy atom. The number of aryl methyl sites for hydroxylation is 1. The zero-order chi connectivity index (χ0) is 22.8. The fourth-order valence-electron chi connectivity index (χ4n) is 4.17. The first kappa shape index (κ1) is 21.0. The first-order chi connectivity index (χ1) is 16.1. The zero-order valence-corrected chi connectivity index (χ0v) is 18.6. The average Bonchev–Trinajstić information content (AvgIpc) is 3.55. The van der Waals surface area contributed by atoms with Gasteiger partial charge in [-0.25, -0.2) is 0 Å². The van der Waals surface area contributed by atoms with Gasteiger partial charge in [-0.3, -0.25) is 4.79 Å². The molecule has 4 aromatic rings. The lowest BCUT2D eigenvalue weighted by atomic mass is 10.0. The highest BCUT2D eigenvalue weighted by Gasteiger charge is 2.32. The van der Waals surface area contributed by atoms with Crippen LogP contribution in [0.5, 0.6) is 0 Å². The summed E-state index contributed by atoms with van der Waals surface area (Å²) in [7, 11) is 0. The van der Waals surface area contributed by atoms with Crippen LogP contribution >= 0.6 is 0 Å². The molecular weight excluding hydrogens is 418 g/mol. The van der Waals surface area contributed by atoms with Crippen molar-refractivity contribution in [3.63, 3.8) is 0 Å². The van der Waals surface area contributed by atoms with E-state index in [1.54, 1.807) is 29.6 Å². The van der Waals surface area contributed by atoms with Crippen LogP contribution < -0.4 is 0 Å². The van der Waals surface area contributed by atoms with Crippen LogP contribution in [0.25, 0.3) is 11.4 Å². The molecule has 0 bridgehead atoms. The van der Waals surface area contributed by atoms with Gasteiger partial charge in [0.25, 0.3) is 5.91 Å². The van der Waals surface area contributed by atoms with E-state index in [4.69, 9.17) is 4.74 Å². The SMILES string of the molecule is Cc1ccc(C(=O)N2C[C@H](C)OC[C@H]2Cc2cccc(-n3nccn3)c2)c(-n2nccn2)c1. The van der Waals surface area contributed by atoms with E-state index in [1.165, 1.54) is 4.80 Å². The summed E-state index contributed by atoms with van der Waals surface area (Å²) in [5.41, 5.74) is 4.25. The van der Waals surface area contributed by atoms with Crippen molar-refractivity contribution in [2.45, 2.75) is 32.4 Å². The van der Waals surface area contributed by atoms with Gasteiger partial charge in [-0.05, 0) is 55.7 Å². The normalized spacial score (nSPS) is 18.4. The molecular formula is C24H25N7O2. The standard InChI is InChI=1S/C24H25N7O2/c1-17-6-7-22(23(12-17)31-27-10-11-28-31)24(32)29-15-18(2)33-16-21(29)14-19-4-3-5-20(13-19)30-25-8-9-26-30/h3-13,18,21H,14-16H2,1-2H3/t18-,21+/m0/s1. The predicted octanol–water partition coefficient (Wildman–Crippen LogP) is 2.63. The van der Waals surface area contributed by atoms with Gasteiger partial charge in [0.05, 0.1) is 60.5 Å². The molecule has 9 heteroatoms. The van der Waals surface area contributed by atoms with Crippen LogP contribution in [0.2, 0.25) is 0 Å². The molecule has 5 rings (SSSR count). The van der Waals surface area contributed by atoms with Crippen LogP contribution in [0, 0.1) is 6.92 Å².